The van der Waals surface area contributed by atoms with Crippen molar-refractivity contribution < 1.29 is 4.74 Å². The van der Waals surface area contributed by atoms with E-state index in [4.69, 9.17) is 9.73 Å². The van der Waals surface area contributed by atoms with Crippen molar-refractivity contribution in [3.8, 4) is 0 Å². The van der Waals surface area contributed by atoms with Crippen LogP contribution in [-0.4, -0.2) is 38.3 Å². The molecule has 2 unspecified atom stereocenters. The van der Waals surface area contributed by atoms with Crippen LogP contribution in [0.3, 0.4) is 0 Å². The van der Waals surface area contributed by atoms with Crippen LogP contribution >= 0.6 is 24.0 Å². The summed E-state index contributed by atoms with van der Waals surface area (Å²) in [5.74, 6) is 1.37. The Labute approximate surface area is 147 Å². The van der Waals surface area contributed by atoms with E-state index in [0.29, 0.717) is 12.0 Å². The summed E-state index contributed by atoms with van der Waals surface area (Å²) in [4.78, 5) is 4.71. The van der Waals surface area contributed by atoms with Crippen LogP contribution in [0.2, 0.25) is 0 Å². The van der Waals surface area contributed by atoms with Crippen LogP contribution in [0.5, 0.6) is 0 Å². The van der Waals surface area contributed by atoms with Gasteiger partial charge in [0.05, 0.1) is 6.10 Å². The van der Waals surface area contributed by atoms with Gasteiger partial charge in [0.1, 0.15) is 0 Å². The molecule has 0 aromatic carbocycles. The Morgan fingerprint density at radius 1 is 1.38 bits per heavy atom. The molecule has 1 rings (SSSR count). The van der Waals surface area contributed by atoms with E-state index in [1.165, 1.54) is 6.42 Å². The van der Waals surface area contributed by atoms with E-state index < -0.39 is 0 Å². The quantitative estimate of drug-likeness (QED) is 0.317. The highest BCUT2D eigenvalue weighted by molar-refractivity contribution is 14.0. The van der Waals surface area contributed by atoms with Crippen LogP contribution in [0.4, 0.5) is 0 Å². The Morgan fingerprint density at radius 2 is 2.10 bits per heavy atom. The van der Waals surface area contributed by atoms with Crippen molar-refractivity contribution in [3.05, 3.63) is 12.7 Å². The molecule has 5 heteroatoms. The van der Waals surface area contributed by atoms with Crippen LogP contribution in [0.1, 0.15) is 40.5 Å². The monoisotopic (exact) mass is 409 g/mol. The van der Waals surface area contributed by atoms with Crippen molar-refractivity contribution >= 4 is 29.9 Å². The predicted octanol–water partition coefficient (Wildman–Crippen LogP) is 3.19. The zero-order valence-electron chi connectivity index (χ0n) is 13.9. The Morgan fingerprint density at radius 3 is 2.67 bits per heavy atom. The van der Waals surface area contributed by atoms with Gasteiger partial charge >= 0.3 is 0 Å². The van der Waals surface area contributed by atoms with Crippen molar-refractivity contribution in [1.82, 2.24) is 10.6 Å². The number of hydrogen-bond acceptors (Lipinski definition) is 2. The van der Waals surface area contributed by atoms with Gasteiger partial charge in [0, 0.05) is 32.2 Å². The van der Waals surface area contributed by atoms with Crippen LogP contribution in [0.15, 0.2) is 17.6 Å². The molecular weight excluding hydrogens is 377 g/mol. The molecule has 2 N–H and O–H groups in total. The number of aliphatic imine (C=N–C) groups is 1. The Balaban J connectivity index is 0.00000400. The summed E-state index contributed by atoms with van der Waals surface area (Å²) in [6.07, 6.45) is 4.48. The predicted molar refractivity (Wildman–Crippen MR) is 102 cm³/mol. The van der Waals surface area contributed by atoms with Gasteiger partial charge in [0.15, 0.2) is 5.96 Å². The molecule has 1 saturated heterocycles. The highest BCUT2D eigenvalue weighted by atomic mass is 127. The fourth-order valence-corrected chi connectivity index (χ4v) is 2.71. The minimum atomic E-state index is 0. The van der Waals surface area contributed by atoms with Crippen LogP contribution in [-0.2, 0) is 4.74 Å². The van der Waals surface area contributed by atoms with Crippen LogP contribution in [0.25, 0.3) is 0 Å². The Hall–Kier alpha value is -0.300. The molecule has 0 radical (unpaired) electrons. The molecule has 1 fully saturated rings. The summed E-state index contributed by atoms with van der Waals surface area (Å²) in [5.41, 5.74) is 0.174. The number of nitrogens with zero attached hydrogens (tertiary/aromatic N) is 1. The van der Waals surface area contributed by atoms with E-state index >= 15 is 0 Å². The summed E-state index contributed by atoms with van der Waals surface area (Å²) < 4.78 is 6.00. The van der Waals surface area contributed by atoms with E-state index in [9.17, 15) is 0 Å². The molecule has 4 nitrogen and oxygen atoms in total. The number of ether oxygens (including phenoxy) is 1. The summed E-state index contributed by atoms with van der Waals surface area (Å²) in [6, 6.07) is 0. The maximum Gasteiger partial charge on any atom is 0.191 e. The largest absolute Gasteiger partial charge is 0.377 e. The highest BCUT2D eigenvalue weighted by Crippen LogP contribution is 2.34. The molecule has 0 bridgehead atoms. The maximum absolute atomic E-state index is 6.00. The van der Waals surface area contributed by atoms with E-state index in [2.05, 4.69) is 44.9 Å². The van der Waals surface area contributed by atoms with Gasteiger partial charge in [-0.3, -0.25) is 4.99 Å². The first-order chi connectivity index (χ1) is 9.49. The zero-order valence-corrected chi connectivity index (χ0v) is 16.3. The van der Waals surface area contributed by atoms with Gasteiger partial charge in [0.25, 0.3) is 0 Å². The lowest BCUT2D eigenvalue weighted by Crippen LogP contribution is -2.42. The maximum atomic E-state index is 6.00. The third-order valence-electron chi connectivity index (χ3n) is 3.54. The summed E-state index contributed by atoms with van der Waals surface area (Å²) in [5, 5.41) is 6.50. The third-order valence-corrected chi connectivity index (χ3v) is 3.54. The first kappa shape index (κ1) is 20.7. The van der Waals surface area contributed by atoms with Gasteiger partial charge in [-0.1, -0.05) is 26.8 Å². The second-order valence-corrected chi connectivity index (χ2v) is 6.45. The molecule has 1 heterocycles. The molecule has 0 aliphatic carbocycles. The van der Waals surface area contributed by atoms with Gasteiger partial charge in [0.2, 0.25) is 0 Å². The Kier molecular flexibility index (Phi) is 10.3. The lowest BCUT2D eigenvalue weighted by atomic mass is 9.78. The molecule has 1 aliphatic rings. The second kappa shape index (κ2) is 10.4. The van der Waals surface area contributed by atoms with Crippen molar-refractivity contribution in [2.45, 2.75) is 46.6 Å². The van der Waals surface area contributed by atoms with Crippen LogP contribution in [0, 0.1) is 11.3 Å². The lowest BCUT2D eigenvalue weighted by Gasteiger charge is -2.39. The zero-order chi connectivity index (χ0) is 15.0. The van der Waals surface area contributed by atoms with Gasteiger partial charge in [-0.15, -0.1) is 30.6 Å². The fourth-order valence-electron chi connectivity index (χ4n) is 2.71. The summed E-state index contributed by atoms with van der Waals surface area (Å²) >= 11 is 0. The number of halogens is 1. The average Bonchev–Trinajstić information content (AvgIpc) is 2.41. The highest BCUT2D eigenvalue weighted by Gasteiger charge is 2.35. The minimum absolute atomic E-state index is 0. The molecule has 21 heavy (non-hydrogen) atoms. The molecule has 0 saturated carbocycles. The molecule has 0 aromatic heterocycles. The average molecular weight is 409 g/mol. The second-order valence-electron chi connectivity index (χ2n) is 6.45. The van der Waals surface area contributed by atoms with Gasteiger partial charge in [-0.05, 0) is 25.2 Å². The van der Waals surface area contributed by atoms with Gasteiger partial charge < -0.3 is 15.4 Å². The number of guanidine groups is 1. The molecular formula is C16H32IN3O. The van der Waals surface area contributed by atoms with E-state index in [-0.39, 0.29) is 29.4 Å². The smallest absolute Gasteiger partial charge is 0.191 e. The summed E-state index contributed by atoms with van der Waals surface area (Å²) in [6.45, 7) is 15.9. The number of hydrogen-bond donors (Lipinski definition) is 2. The van der Waals surface area contributed by atoms with Gasteiger partial charge in [-0.25, -0.2) is 0 Å². The normalized spacial score (nSPS) is 23.1. The van der Waals surface area contributed by atoms with Crippen LogP contribution < -0.4 is 10.6 Å². The lowest BCUT2D eigenvalue weighted by molar-refractivity contribution is -0.0823. The fraction of sp³-hybridized carbons (Fsp3) is 0.812. The Bertz CT molecular complexity index is 326. The molecule has 0 aromatic rings. The summed E-state index contributed by atoms with van der Waals surface area (Å²) in [7, 11) is 0. The van der Waals surface area contributed by atoms with Crippen molar-refractivity contribution in [2.24, 2.45) is 16.3 Å². The first-order valence-electron chi connectivity index (χ1n) is 7.73. The van der Waals surface area contributed by atoms with Crippen molar-refractivity contribution in [3.63, 3.8) is 0 Å². The number of nitrogens with one attached hydrogen (secondary N) is 2. The van der Waals surface area contributed by atoms with Gasteiger partial charge in [-0.2, -0.15) is 0 Å². The topological polar surface area (TPSA) is 45.7 Å². The molecule has 1 aliphatic heterocycles. The SMILES string of the molecule is C=CCNC(=NCC1CCCOC1C(C)(C)C)NCC.I. The molecule has 124 valence electrons. The van der Waals surface area contributed by atoms with E-state index in [1.54, 1.807) is 0 Å². The molecule has 2 atom stereocenters. The van der Waals surface area contributed by atoms with Crippen molar-refractivity contribution in [2.75, 3.05) is 26.2 Å². The standard InChI is InChI=1S/C16H31N3O.HI/c1-6-10-18-15(17-7-2)19-12-13-9-8-11-20-14(13)16(3,4)5;/h6,13-14H,1,7-12H2,2-5H3,(H2,17,18,19);1H. The van der Waals surface area contributed by atoms with Crippen molar-refractivity contribution in [1.29, 1.82) is 0 Å². The minimum Gasteiger partial charge on any atom is -0.377 e. The molecule has 0 amide bonds. The first-order valence-corrected chi connectivity index (χ1v) is 7.73. The molecule has 0 spiro atoms. The number of rotatable bonds is 5. The third kappa shape index (κ3) is 7.49. The van der Waals surface area contributed by atoms with E-state index in [1.807, 2.05) is 6.08 Å². The van der Waals surface area contributed by atoms with E-state index in [0.717, 1.165) is 38.6 Å².